The van der Waals surface area contributed by atoms with E-state index in [-0.39, 0.29) is 0 Å². The Hall–Kier alpha value is -1.75. The summed E-state index contributed by atoms with van der Waals surface area (Å²) in [4.78, 5) is 1.62. The SMILES string of the molecule is C[C@@H]1CCC[NH+](Cc2nnnn2CCc2ccccc2)C1. The standard InChI is InChI=1S/C16H23N5/c1-14-6-5-10-20(12-14)13-16-17-18-19-21(16)11-9-15-7-3-2-4-8-15/h2-4,7-8,14H,5-6,9-13H2,1H3/p+1/t14-/m1/s1. The van der Waals surface area contributed by atoms with E-state index in [2.05, 4.69) is 46.7 Å². The molecule has 2 aromatic rings. The van der Waals surface area contributed by atoms with Crippen molar-refractivity contribution in [3.8, 4) is 0 Å². The summed E-state index contributed by atoms with van der Waals surface area (Å²) in [6.07, 6.45) is 3.66. The molecule has 112 valence electrons. The van der Waals surface area contributed by atoms with Gasteiger partial charge < -0.3 is 4.90 Å². The minimum atomic E-state index is 0.822. The highest BCUT2D eigenvalue weighted by molar-refractivity contribution is 5.14. The average Bonchev–Trinajstić information content (AvgIpc) is 2.93. The molecule has 1 unspecified atom stereocenters. The van der Waals surface area contributed by atoms with Crippen LogP contribution >= 0.6 is 0 Å². The molecule has 1 N–H and O–H groups in total. The van der Waals surface area contributed by atoms with Gasteiger partial charge in [0.05, 0.1) is 13.1 Å². The number of likely N-dealkylation sites (tertiary alicyclic amines) is 1. The summed E-state index contributed by atoms with van der Waals surface area (Å²) in [5, 5.41) is 12.3. The third kappa shape index (κ3) is 3.88. The molecule has 21 heavy (non-hydrogen) atoms. The van der Waals surface area contributed by atoms with E-state index in [0.717, 1.165) is 31.3 Å². The maximum atomic E-state index is 4.23. The molecule has 0 radical (unpaired) electrons. The second-order valence-corrected chi connectivity index (χ2v) is 6.18. The quantitative estimate of drug-likeness (QED) is 0.881. The van der Waals surface area contributed by atoms with Crippen LogP contribution in [-0.2, 0) is 19.5 Å². The molecule has 1 fully saturated rings. The Morgan fingerprint density at radius 3 is 2.95 bits per heavy atom. The van der Waals surface area contributed by atoms with Gasteiger partial charge >= 0.3 is 0 Å². The number of aryl methyl sites for hydroxylation is 2. The van der Waals surface area contributed by atoms with Gasteiger partial charge in [0.25, 0.3) is 0 Å². The van der Waals surface area contributed by atoms with E-state index in [1.165, 1.54) is 31.5 Å². The molecule has 1 aliphatic rings. The highest BCUT2D eigenvalue weighted by Gasteiger charge is 2.22. The van der Waals surface area contributed by atoms with Crippen molar-refractivity contribution >= 4 is 0 Å². The van der Waals surface area contributed by atoms with Crippen molar-refractivity contribution in [1.29, 1.82) is 0 Å². The van der Waals surface area contributed by atoms with Crippen LogP contribution in [0.1, 0.15) is 31.2 Å². The molecule has 5 nitrogen and oxygen atoms in total. The number of hydrogen-bond donors (Lipinski definition) is 1. The number of hydrogen-bond acceptors (Lipinski definition) is 3. The van der Waals surface area contributed by atoms with Gasteiger partial charge in [0.1, 0.15) is 6.54 Å². The molecule has 1 aromatic carbocycles. The van der Waals surface area contributed by atoms with Crippen LogP contribution in [0.15, 0.2) is 30.3 Å². The summed E-state index contributed by atoms with van der Waals surface area (Å²) in [6, 6.07) is 10.5. The van der Waals surface area contributed by atoms with Crippen LogP contribution in [0.5, 0.6) is 0 Å². The summed E-state index contributed by atoms with van der Waals surface area (Å²) in [5.74, 6) is 1.84. The average molecular weight is 286 g/mol. The van der Waals surface area contributed by atoms with Gasteiger partial charge in [0.2, 0.25) is 5.82 Å². The second-order valence-electron chi connectivity index (χ2n) is 6.18. The first kappa shape index (κ1) is 14.2. The van der Waals surface area contributed by atoms with Gasteiger partial charge in [0, 0.05) is 12.5 Å². The van der Waals surface area contributed by atoms with Gasteiger partial charge in [-0.2, -0.15) is 0 Å². The summed E-state index contributed by atoms with van der Waals surface area (Å²) >= 11 is 0. The maximum absolute atomic E-state index is 4.23. The first-order valence-electron chi connectivity index (χ1n) is 7.94. The molecular weight excluding hydrogens is 262 g/mol. The normalized spacial score (nSPS) is 22.3. The number of nitrogens with zero attached hydrogens (tertiary/aromatic N) is 4. The van der Waals surface area contributed by atoms with Gasteiger partial charge in [-0.1, -0.05) is 37.3 Å². The summed E-state index contributed by atoms with van der Waals surface area (Å²) in [6.45, 7) is 6.64. The molecule has 0 amide bonds. The van der Waals surface area contributed by atoms with Crippen molar-refractivity contribution in [2.75, 3.05) is 13.1 Å². The minimum Gasteiger partial charge on any atom is -0.328 e. The number of quaternary nitrogens is 1. The molecular formula is C16H24N5+. The lowest BCUT2D eigenvalue weighted by molar-refractivity contribution is -0.922. The topological polar surface area (TPSA) is 48.0 Å². The van der Waals surface area contributed by atoms with E-state index >= 15 is 0 Å². The third-order valence-electron chi connectivity index (χ3n) is 4.33. The van der Waals surface area contributed by atoms with Gasteiger partial charge in [-0.25, -0.2) is 4.68 Å². The number of nitrogens with one attached hydrogen (secondary N) is 1. The largest absolute Gasteiger partial charge is 0.328 e. The number of tetrazole rings is 1. The lowest BCUT2D eigenvalue weighted by Gasteiger charge is -2.27. The molecule has 1 saturated heterocycles. The number of aromatic nitrogens is 4. The summed E-state index contributed by atoms with van der Waals surface area (Å²) < 4.78 is 1.97. The summed E-state index contributed by atoms with van der Waals surface area (Å²) in [5.41, 5.74) is 1.33. The van der Waals surface area contributed by atoms with Crippen LogP contribution in [0.2, 0.25) is 0 Å². The Bertz CT molecular complexity index is 551. The molecule has 1 aromatic heterocycles. The fourth-order valence-corrected chi connectivity index (χ4v) is 3.18. The lowest BCUT2D eigenvalue weighted by atomic mass is 10.0. The molecule has 3 rings (SSSR count). The highest BCUT2D eigenvalue weighted by Crippen LogP contribution is 2.06. The monoisotopic (exact) mass is 286 g/mol. The van der Waals surface area contributed by atoms with Crippen molar-refractivity contribution in [1.82, 2.24) is 20.2 Å². The Kier molecular flexibility index (Phi) is 4.60. The van der Waals surface area contributed by atoms with E-state index in [1.807, 2.05) is 10.7 Å². The van der Waals surface area contributed by atoms with E-state index in [4.69, 9.17) is 0 Å². The molecule has 2 atom stereocenters. The minimum absolute atomic E-state index is 0.822. The first-order chi connectivity index (χ1) is 10.3. The van der Waals surface area contributed by atoms with E-state index in [0.29, 0.717) is 0 Å². The van der Waals surface area contributed by atoms with Crippen molar-refractivity contribution < 1.29 is 4.90 Å². The van der Waals surface area contributed by atoms with Crippen molar-refractivity contribution in [3.63, 3.8) is 0 Å². The predicted octanol–water partition coefficient (Wildman–Crippen LogP) is 0.731. The van der Waals surface area contributed by atoms with Crippen molar-refractivity contribution in [3.05, 3.63) is 41.7 Å². The number of piperidine rings is 1. The maximum Gasteiger partial charge on any atom is 0.206 e. The third-order valence-corrected chi connectivity index (χ3v) is 4.33. The zero-order valence-corrected chi connectivity index (χ0v) is 12.7. The van der Waals surface area contributed by atoms with Crippen LogP contribution in [0.3, 0.4) is 0 Å². The molecule has 1 aliphatic heterocycles. The molecule has 2 heterocycles. The molecule has 0 aliphatic carbocycles. The first-order valence-corrected chi connectivity index (χ1v) is 7.94. The van der Waals surface area contributed by atoms with Crippen LogP contribution in [0.25, 0.3) is 0 Å². The fourth-order valence-electron chi connectivity index (χ4n) is 3.18. The molecule has 0 saturated carbocycles. The number of rotatable bonds is 5. The Labute approximate surface area is 126 Å². The van der Waals surface area contributed by atoms with Crippen molar-refractivity contribution in [2.24, 2.45) is 5.92 Å². The Balaban J connectivity index is 1.58. The van der Waals surface area contributed by atoms with Crippen LogP contribution in [0.4, 0.5) is 0 Å². The van der Waals surface area contributed by atoms with E-state index in [1.54, 1.807) is 4.90 Å². The Morgan fingerprint density at radius 2 is 2.14 bits per heavy atom. The molecule has 0 spiro atoms. The van der Waals surface area contributed by atoms with Gasteiger partial charge in [-0.3, -0.25) is 0 Å². The van der Waals surface area contributed by atoms with Crippen molar-refractivity contribution in [2.45, 2.75) is 39.3 Å². The van der Waals surface area contributed by atoms with Gasteiger partial charge in [0.15, 0.2) is 0 Å². The second kappa shape index (κ2) is 6.80. The van der Waals surface area contributed by atoms with E-state index in [9.17, 15) is 0 Å². The zero-order chi connectivity index (χ0) is 14.5. The lowest BCUT2D eigenvalue weighted by Crippen LogP contribution is -3.12. The summed E-state index contributed by atoms with van der Waals surface area (Å²) in [7, 11) is 0. The zero-order valence-electron chi connectivity index (χ0n) is 12.7. The molecule has 0 bridgehead atoms. The van der Waals surface area contributed by atoms with Gasteiger partial charge in [-0.15, -0.1) is 5.10 Å². The smallest absolute Gasteiger partial charge is 0.206 e. The van der Waals surface area contributed by atoms with E-state index < -0.39 is 0 Å². The molecule has 5 heteroatoms. The van der Waals surface area contributed by atoms with Gasteiger partial charge in [-0.05, 0) is 35.3 Å². The fraction of sp³-hybridized carbons (Fsp3) is 0.562. The van der Waals surface area contributed by atoms with Crippen LogP contribution < -0.4 is 4.90 Å². The Morgan fingerprint density at radius 1 is 1.29 bits per heavy atom. The van der Waals surface area contributed by atoms with Crippen LogP contribution in [0, 0.1) is 5.92 Å². The highest BCUT2D eigenvalue weighted by atomic mass is 15.5. The van der Waals surface area contributed by atoms with Crippen LogP contribution in [-0.4, -0.2) is 33.3 Å². The predicted molar refractivity (Wildman–Crippen MR) is 80.8 cm³/mol. The number of benzene rings is 1.